The fourth-order valence-electron chi connectivity index (χ4n) is 5.28. The maximum absolute atomic E-state index is 2.34. The van der Waals surface area contributed by atoms with E-state index in [1.54, 1.807) is 0 Å². The fourth-order valence-corrected chi connectivity index (χ4v) is 9.58. The molecule has 0 N–H and O–H groups in total. The summed E-state index contributed by atoms with van der Waals surface area (Å²) in [7, 11) is -1.98. The molecule has 6 aromatic rings. The highest BCUT2D eigenvalue weighted by molar-refractivity contribution is 7.95. The zero-order chi connectivity index (χ0) is 22.8. The molecule has 0 aromatic heterocycles. The highest BCUT2D eigenvalue weighted by Crippen LogP contribution is 2.59. The molecule has 0 atom stereocenters. The first kappa shape index (κ1) is 20.8. The van der Waals surface area contributed by atoms with E-state index >= 15 is 0 Å². The summed E-state index contributed by atoms with van der Waals surface area (Å²) in [4.78, 5) is 0. The Labute approximate surface area is 201 Å². The summed E-state index contributed by atoms with van der Waals surface area (Å²) in [5.41, 5.74) is 1.44. The molecule has 0 spiro atoms. The summed E-state index contributed by atoms with van der Waals surface area (Å²) in [5.74, 6) is 0. The highest BCUT2D eigenvalue weighted by Gasteiger charge is 2.46. The van der Waals surface area contributed by atoms with Gasteiger partial charge in [-0.3, -0.25) is 0 Å². The Balaban J connectivity index is 1.73. The predicted octanol–water partition coefficient (Wildman–Crippen LogP) is 7.49. The van der Waals surface area contributed by atoms with Crippen molar-refractivity contribution in [3.63, 3.8) is 0 Å². The van der Waals surface area contributed by atoms with Crippen LogP contribution in [0.1, 0.15) is 5.56 Å². The van der Waals surface area contributed by atoms with Crippen LogP contribution in [0.3, 0.4) is 0 Å². The van der Waals surface area contributed by atoms with Crippen LogP contribution in [-0.2, 0) is 6.16 Å². The van der Waals surface area contributed by atoms with Crippen LogP contribution in [0.15, 0.2) is 146 Å². The summed E-state index contributed by atoms with van der Waals surface area (Å²) < 4.78 is 0. The molecule has 0 nitrogen and oxygen atoms in total. The molecule has 0 saturated carbocycles. The van der Waals surface area contributed by atoms with Crippen LogP contribution in [0.2, 0.25) is 0 Å². The molecule has 6 aromatic carbocycles. The molecule has 0 fully saturated rings. The lowest BCUT2D eigenvalue weighted by atomic mass is 9.98. The minimum atomic E-state index is -1.98. The summed E-state index contributed by atoms with van der Waals surface area (Å²) >= 11 is 0. The zero-order valence-corrected chi connectivity index (χ0v) is 19.9. The van der Waals surface area contributed by atoms with Gasteiger partial charge in [-0.15, -0.1) is 0 Å². The van der Waals surface area contributed by atoms with Crippen LogP contribution in [0.25, 0.3) is 21.5 Å². The number of fused-ring (bicyclic) bond motifs is 2. The molecule has 162 valence electrons. The third-order valence-corrected chi connectivity index (χ3v) is 11.2. The smallest absolute Gasteiger partial charge is 0.0620 e. The first-order chi connectivity index (χ1) is 16.9. The summed E-state index contributed by atoms with van der Waals surface area (Å²) in [6, 6.07) is 53.6. The lowest BCUT2D eigenvalue weighted by molar-refractivity contribution is 1.47. The summed E-state index contributed by atoms with van der Waals surface area (Å²) in [6.45, 7) is 0. The molecular weight excluding hydrogens is 427 g/mol. The Hall–Kier alpha value is -3.73. The van der Waals surface area contributed by atoms with E-state index in [9.17, 15) is 0 Å². The molecule has 0 unspecified atom stereocenters. The molecule has 0 bridgehead atoms. The molecule has 0 radical (unpaired) electrons. The Kier molecular flexibility index (Phi) is 5.46. The number of benzene rings is 6. The fraction of sp³-hybridized carbons (Fsp3) is 0.0303. The average molecular weight is 454 g/mol. The molecule has 0 aliphatic carbocycles. The van der Waals surface area contributed by atoms with E-state index in [1.165, 1.54) is 43.0 Å². The maximum Gasteiger partial charge on any atom is 0.116 e. The van der Waals surface area contributed by atoms with Gasteiger partial charge >= 0.3 is 0 Å². The van der Waals surface area contributed by atoms with Crippen molar-refractivity contribution < 1.29 is 0 Å². The standard InChI is InChI=1S/C33H26P/c1-4-16-28(17-5-1)34(29-18-6-2-7-19-29,30-20-8-3-9-21-30)25-33-31-22-12-10-14-26(31)24-27-15-11-13-23-32(27)33/h1-24H,25H2/q+1. The average Bonchev–Trinajstić information content (AvgIpc) is 2.93. The van der Waals surface area contributed by atoms with E-state index in [4.69, 9.17) is 0 Å². The molecule has 0 aliphatic heterocycles. The van der Waals surface area contributed by atoms with Crippen molar-refractivity contribution in [2.75, 3.05) is 0 Å². The highest BCUT2D eigenvalue weighted by atomic mass is 31.2. The van der Waals surface area contributed by atoms with E-state index in [2.05, 4.69) is 146 Å². The Morgan fingerprint density at radius 3 is 1.15 bits per heavy atom. The van der Waals surface area contributed by atoms with Gasteiger partial charge in [0.05, 0.1) is 6.16 Å². The Morgan fingerprint density at radius 1 is 0.382 bits per heavy atom. The lowest BCUT2D eigenvalue weighted by Crippen LogP contribution is -2.32. The number of hydrogen-bond acceptors (Lipinski definition) is 0. The van der Waals surface area contributed by atoms with Crippen molar-refractivity contribution >= 4 is 44.7 Å². The maximum atomic E-state index is 2.34. The van der Waals surface area contributed by atoms with Crippen molar-refractivity contribution in [2.45, 2.75) is 6.16 Å². The third kappa shape index (κ3) is 3.52. The quantitative estimate of drug-likeness (QED) is 0.187. The second-order valence-corrected chi connectivity index (χ2v) is 12.3. The van der Waals surface area contributed by atoms with E-state index in [-0.39, 0.29) is 0 Å². The van der Waals surface area contributed by atoms with Gasteiger partial charge in [0.15, 0.2) is 0 Å². The second kappa shape index (κ2) is 8.90. The van der Waals surface area contributed by atoms with E-state index in [0.717, 1.165) is 6.16 Å². The van der Waals surface area contributed by atoms with Gasteiger partial charge in [0, 0.05) is 5.56 Å². The Bertz CT molecular complexity index is 1400. The van der Waals surface area contributed by atoms with Gasteiger partial charge < -0.3 is 0 Å². The van der Waals surface area contributed by atoms with Gasteiger partial charge in [-0.25, -0.2) is 0 Å². The van der Waals surface area contributed by atoms with Gasteiger partial charge in [-0.1, -0.05) is 103 Å². The molecule has 6 rings (SSSR count). The normalized spacial score (nSPS) is 11.6. The second-order valence-electron chi connectivity index (χ2n) is 8.77. The molecule has 0 aliphatic rings. The van der Waals surface area contributed by atoms with Crippen molar-refractivity contribution in [2.24, 2.45) is 0 Å². The van der Waals surface area contributed by atoms with Crippen LogP contribution < -0.4 is 15.9 Å². The zero-order valence-electron chi connectivity index (χ0n) is 19.0. The number of rotatable bonds is 5. The first-order valence-electron chi connectivity index (χ1n) is 11.8. The van der Waals surface area contributed by atoms with Crippen LogP contribution >= 0.6 is 7.26 Å². The minimum absolute atomic E-state index is 0.979. The predicted molar refractivity (Wildman–Crippen MR) is 150 cm³/mol. The van der Waals surface area contributed by atoms with Gasteiger partial charge in [0.2, 0.25) is 0 Å². The Morgan fingerprint density at radius 2 is 0.735 bits per heavy atom. The van der Waals surface area contributed by atoms with Gasteiger partial charge in [-0.05, 0) is 64.0 Å². The molecular formula is C33H26P+. The van der Waals surface area contributed by atoms with Crippen molar-refractivity contribution in [3.05, 3.63) is 151 Å². The third-order valence-electron chi connectivity index (χ3n) is 6.87. The van der Waals surface area contributed by atoms with Crippen LogP contribution in [-0.4, -0.2) is 0 Å². The van der Waals surface area contributed by atoms with Crippen molar-refractivity contribution in [1.82, 2.24) is 0 Å². The van der Waals surface area contributed by atoms with Crippen LogP contribution in [0, 0.1) is 0 Å². The van der Waals surface area contributed by atoms with Gasteiger partial charge in [0.25, 0.3) is 0 Å². The summed E-state index contributed by atoms with van der Waals surface area (Å²) in [6.07, 6.45) is 0.979. The van der Waals surface area contributed by atoms with E-state index in [1.807, 2.05) is 0 Å². The topological polar surface area (TPSA) is 0 Å². The van der Waals surface area contributed by atoms with E-state index < -0.39 is 7.26 Å². The monoisotopic (exact) mass is 453 g/mol. The van der Waals surface area contributed by atoms with Crippen molar-refractivity contribution in [1.29, 1.82) is 0 Å². The minimum Gasteiger partial charge on any atom is -0.0620 e. The van der Waals surface area contributed by atoms with Crippen LogP contribution in [0.5, 0.6) is 0 Å². The molecule has 0 saturated heterocycles. The van der Waals surface area contributed by atoms with Crippen molar-refractivity contribution in [3.8, 4) is 0 Å². The molecule has 34 heavy (non-hydrogen) atoms. The summed E-state index contributed by atoms with van der Waals surface area (Å²) in [5, 5.41) is 9.59. The lowest BCUT2D eigenvalue weighted by Gasteiger charge is -2.29. The first-order valence-corrected chi connectivity index (χ1v) is 13.8. The molecule has 1 heteroatoms. The largest absolute Gasteiger partial charge is 0.116 e. The number of hydrogen-bond donors (Lipinski definition) is 0. The van der Waals surface area contributed by atoms with E-state index in [0.29, 0.717) is 0 Å². The molecule has 0 heterocycles. The van der Waals surface area contributed by atoms with Crippen LogP contribution in [0.4, 0.5) is 0 Å². The van der Waals surface area contributed by atoms with Gasteiger partial charge in [0.1, 0.15) is 23.2 Å². The van der Waals surface area contributed by atoms with Gasteiger partial charge in [-0.2, -0.15) is 0 Å². The molecule has 0 amide bonds. The SMILES string of the molecule is c1ccc([P+](Cc2c3ccccc3cc3ccccc23)(c2ccccc2)c2ccccc2)cc1.